The van der Waals surface area contributed by atoms with Crippen molar-refractivity contribution in [2.75, 3.05) is 5.73 Å². The Balaban J connectivity index is 2.02. The molecule has 0 atom stereocenters. The predicted molar refractivity (Wildman–Crippen MR) is 121 cm³/mol. The molecule has 0 aliphatic carbocycles. The molecular formula is C23H15F6N7O. The third-order valence-electron chi connectivity index (χ3n) is 5.08. The van der Waals surface area contributed by atoms with Crippen LogP contribution in [0.15, 0.2) is 60.9 Å². The SMILES string of the molecule is NC(=O)C(=Cn1nc(-c2ccccc2C(F)(F)F)nc1-c1ccccc1C(F)(F)F)c1cnc(N)nc1. The fourth-order valence-corrected chi connectivity index (χ4v) is 3.44. The Hall–Kier alpha value is -4.75. The summed E-state index contributed by atoms with van der Waals surface area (Å²) >= 11 is 0. The summed E-state index contributed by atoms with van der Waals surface area (Å²) in [5.74, 6) is -2.20. The Morgan fingerprint density at radius 2 is 1.35 bits per heavy atom. The fourth-order valence-electron chi connectivity index (χ4n) is 3.44. The number of carbonyl (C=O) groups is 1. The zero-order valence-corrected chi connectivity index (χ0v) is 18.4. The van der Waals surface area contributed by atoms with Gasteiger partial charge in [-0.1, -0.05) is 36.4 Å². The van der Waals surface area contributed by atoms with Crippen molar-refractivity contribution >= 4 is 23.6 Å². The van der Waals surface area contributed by atoms with Crippen molar-refractivity contribution in [3.05, 3.63) is 77.6 Å². The second kappa shape index (κ2) is 9.37. The summed E-state index contributed by atoms with van der Waals surface area (Å²) in [6, 6.07) is 8.60. The second-order valence-corrected chi connectivity index (χ2v) is 7.53. The summed E-state index contributed by atoms with van der Waals surface area (Å²) in [4.78, 5) is 23.7. The van der Waals surface area contributed by atoms with Crippen LogP contribution in [0.1, 0.15) is 16.7 Å². The van der Waals surface area contributed by atoms with Gasteiger partial charge in [-0.3, -0.25) is 4.79 Å². The van der Waals surface area contributed by atoms with Gasteiger partial charge in [0.2, 0.25) is 5.95 Å². The molecule has 0 aliphatic rings. The first-order chi connectivity index (χ1) is 17.4. The highest BCUT2D eigenvalue weighted by Crippen LogP contribution is 2.39. The smallest absolute Gasteiger partial charge is 0.368 e. The molecule has 37 heavy (non-hydrogen) atoms. The van der Waals surface area contributed by atoms with Crippen molar-refractivity contribution in [1.82, 2.24) is 24.7 Å². The number of hydrogen-bond acceptors (Lipinski definition) is 6. The molecule has 0 fully saturated rings. The van der Waals surface area contributed by atoms with Crippen LogP contribution < -0.4 is 11.5 Å². The molecule has 1 amide bonds. The highest BCUT2D eigenvalue weighted by atomic mass is 19.4. The summed E-state index contributed by atoms with van der Waals surface area (Å²) in [5.41, 5.74) is 7.42. The Morgan fingerprint density at radius 1 is 0.838 bits per heavy atom. The van der Waals surface area contributed by atoms with E-state index in [0.29, 0.717) is 0 Å². The minimum Gasteiger partial charge on any atom is -0.368 e. The molecule has 0 saturated carbocycles. The van der Waals surface area contributed by atoms with E-state index in [2.05, 4.69) is 20.1 Å². The molecule has 2 heterocycles. The van der Waals surface area contributed by atoms with Crippen LogP contribution in [0.3, 0.4) is 0 Å². The number of nitrogens with two attached hydrogens (primary N) is 2. The first-order valence-electron chi connectivity index (χ1n) is 10.3. The summed E-state index contributed by atoms with van der Waals surface area (Å²) in [6.45, 7) is 0. The van der Waals surface area contributed by atoms with Crippen molar-refractivity contribution in [2.45, 2.75) is 12.4 Å². The van der Waals surface area contributed by atoms with Gasteiger partial charge in [0, 0.05) is 35.3 Å². The topological polar surface area (TPSA) is 126 Å². The Morgan fingerprint density at radius 3 is 1.89 bits per heavy atom. The Labute approximate surface area is 204 Å². The molecule has 0 unspecified atom stereocenters. The lowest BCUT2D eigenvalue weighted by atomic mass is 10.1. The van der Waals surface area contributed by atoms with Crippen LogP contribution in [-0.4, -0.2) is 30.6 Å². The number of hydrogen-bond donors (Lipinski definition) is 2. The van der Waals surface area contributed by atoms with Crippen molar-refractivity contribution in [3.63, 3.8) is 0 Å². The van der Waals surface area contributed by atoms with E-state index in [4.69, 9.17) is 11.5 Å². The molecule has 0 bridgehead atoms. The number of aromatic nitrogens is 5. The lowest BCUT2D eigenvalue weighted by Gasteiger charge is -2.12. The normalized spacial score (nSPS) is 12.5. The molecule has 0 saturated heterocycles. The lowest BCUT2D eigenvalue weighted by Crippen LogP contribution is -2.15. The number of rotatable bonds is 5. The lowest BCUT2D eigenvalue weighted by molar-refractivity contribution is -0.137. The van der Waals surface area contributed by atoms with Crippen LogP contribution in [0, 0.1) is 0 Å². The monoisotopic (exact) mass is 519 g/mol. The first kappa shape index (κ1) is 25.3. The van der Waals surface area contributed by atoms with Gasteiger partial charge in [0.1, 0.15) is 0 Å². The highest BCUT2D eigenvalue weighted by Gasteiger charge is 2.37. The minimum absolute atomic E-state index is 0.0319. The minimum atomic E-state index is -4.83. The quantitative estimate of drug-likeness (QED) is 0.295. The number of nitrogen functional groups attached to an aromatic ring is 1. The van der Waals surface area contributed by atoms with Crippen LogP contribution in [-0.2, 0) is 17.1 Å². The van der Waals surface area contributed by atoms with Crippen LogP contribution >= 0.6 is 0 Å². The summed E-state index contributed by atoms with van der Waals surface area (Å²) in [6.07, 6.45) is -6.43. The molecule has 14 heteroatoms. The van der Waals surface area contributed by atoms with Gasteiger partial charge in [-0.15, -0.1) is 5.10 Å². The molecule has 4 rings (SSSR count). The number of alkyl halides is 6. The molecule has 2 aromatic carbocycles. The number of benzene rings is 2. The van der Waals surface area contributed by atoms with E-state index >= 15 is 0 Å². The zero-order valence-electron chi connectivity index (χ0n) is 18.4. The average molecular weight is 519 g/mol. The molecule has 2 aromatic heterocycles. The zero-order chi connectivity index (χ0) is 27.0. The Kier molecular flexibility index (Phi) is 6.42. The third-order valence-corrected chi connectivity index (χ3v) is 5.08. The first-order valence-corrected chi connectivity index (χ1v) is 10.3. The van der Waals surface area contributed by atoms with Gasteiger partial charge in [0.15, 0.2) is 11.6 Å². The number of anilines is 1. The van der Waals surface area contributed by atoms with Gasteiger partial charge in [0.25, 0.3) is 5.91 Å². The van der Waals surface area contributed by atoms with Gasteiger partial charge in [0.05, 0.1) is 16.7 Å². The number of amides is 1. The Bertz CT molecular complexity index is 1490. The van der Waals surface area contributed by atoms with E-state index < -0.39 is 52.2 Å². The van der Waals surface area contributed by atoms with Gasteiger partial charge in [-0.2, -0.15) is 26.3 Å². The van der Waals surface area contributed by atoms with Gasteiger partial charge in [-0.25, -0.2) is 19.6 Å². The molecule has 0 spiro atoms. The number of halogens is 6. The average Bonchev–Trinajstić information content (AvgIpc) is 3.26. The molecule has 4 N–H and O–H groups in total. The maximum absolute atomic E-state index is 13.8. The predicted octanol–water partition coefficient (Wildman–Crippen LogP) is 4.51. The third kappa shape index (κ3) is 5.27. The number of carbonyl (C=O) groups excluding carboxylic acids is 1. The second-order valence-electron chi connectivity index (χ2n) is 7.53. The molecule has 8 nitrogen and oxygen atoms in total. The van der Waals surface area contributed by atoms with Gasteiger partial charge in [-0.05, 0) is 12.1 Å². The van der Waals surface area contributed by atoms with Crippen molar-refractivity contribution in [3.8, 4) is 22.8 Å². The maximum Gasteiger partial charge on any atom is 0.417 e. The fraction of sp³-hybridized carbons (Fsp3) is 0.0870. The van der Waals surface area contributed by atoms with Crippen LogP contribution in [0.25, 0.3) is 34.5 Å². The highest BCUT2D eigenvalue weighted by molar-refractivity contribution is 6.22. The van der Waals surface area contributed by atoms with E-state index in [-0.39, 0.29) is 17.1 Å². The molecule has 0 aliphatic heterocycles. The van der Waals surface area contributed by atoms with E-state index in [0.717, 1.165) is 59.7 Å². The van der Waals surface area contributed by atoms with Crippen LogP contribution in [0.5, 0.6) is 0 Å². The van der Waals surface area contributed by atoms with E-state index in [1.165, 1.54) is 12.1 Å². The standard InChI is InChI=1S/C23H15F6N7O/c24-22(25,26)16-7-3-1-5-13(16)19-34-20(14-6-2-4-8-17(14)23(27,28)29)36(35-19)11-15(18(30)37)12-9-32-21(31)33-10-12/h1-11H,(H2,30,37)(H2,31,32,33). The largest absolute Gasteiger partial charge is 0.417 e. The summed E-state index contributed by atoms with van der Waals surface area (Å²) in [5, 5.41) is 4.01. The summed E-state index contributed by atoms with van der Waals surface area (Å²) < 4.78 is 83.0. The van der Waals surface area contributed by atoms with Gasteiger partial charge < -0.3 is 11.5 Å². The molecule has 0 radical (unpaired) electrons. The van der Waals surface area contributed by atoms with E-state index in [1.54, 1.807) is 0 Å². The molecule has 4 aromatic rings. The van der Waals surface area contributed by atoms with Crippen molar-refractivity contribution in [1.29, 1.82) is 0 Å². The van der Waals surface area contributed by atoms with Crippen molar-refractivity contribution in [2.24, 2.45) is 5.73 Å². The van der Waals surface area contributed by atoms with E-state index in [1.807, 2.05) is 0 Å². The number of nitrogens with zero attached hydrogens (tertiary/aromatic N) is 5. The van der Waals surface area contributed by atoms with Crippen LogP contribution in [0.4, 0.5) is 32.3 Å². The maximum atomic E-state index is 13.8. The summed E-state index contributed by atoms with van der Waals surface area (Å²) in [7, 11) is 0. The van der Waals surface area contributed by atoms with Crippen LogP contribution in [0.2, 0.25) is 0 Å². The number of primary amides is 1. The van der Waals surface area contributed by atoms with E-state index in [9.17, 15) is 31.1 Å². The molecular weight excluding hydrogens is 504 g/mol. The van der Waals surface area contributed by atoms with Crippen molar-refractivity contribution < 1.29 is 31.1 Å². The van der Waals surface area contributed by atoms with Gasteiger partial charge >= 0.3 is 12.4 Å². The molecule has 190 valence electrons.